The van der Waals surface area contributed by atoms with Crippen molar-refractivity contribution in [2.24, 2.45) is 5.10 Å². The average molecular weight is 374 g/mol. The average Bonchev–Trinajstić information content (AvgIpc) is 2.53. The fourth-order valence-corrected chi connectivity index (χ4v) is 2.51. The smallest absolute Gasteiger partial charge is 0.244 e. The van der Waals surface area contributed by atoms with Crippen LogP contribution in [0.4, 0.5) is 4.39 Å². The van der Waals surface area contributed by atoms with E-state index in [0.717, 1.165) is 0 Å². The van der Waals surface area contributed by atoms with Gasteiger partial charge in [-0.25, -0.2) is 9.82 Å². The summed E-state index contributed by atoms with van der Waals surface area (Å²) in [5.41, 5.74) is 4.17. The molecule has 0 saturated heterocycles. The number of amides is 1. The zero-order valence-electron chi connectivity index (χ0n) is 12.0. The number of benzene rings is 2. The zero-order valence-corrected chi connectivity index (χ0v) is 14.3. The Kier molecular flexibility index (Phi) is 5.99. The third kappa shape index (κ3) is 4.67. The van der Waals surface area contributed by atoms with Crippen LogP contribution in [0.1, 0.15) is 18.1 Å². The van der Waals surface area contributed by atoms with Gasteiger partial charge in [-0.15, -0.1) is 0 Å². The summed E-state index contributed by atoms with van der Waals surface area (Å²) in [7, 11) is 0. The minimum Gasteiger partial charge on any atom is -0.273 e. The number of carbonyl (C=O) groups is 1. The van der Waals surface area contributed by atoms with E-state index >= 15 is 0 Å². The molecule has 120 valence electrons. The van der Waals surface area contributed by atoms with Gasteiger partial charge in [-0.05, 0) is 30.7 Å². The van der Waals surface area contributed by atoms with Crippen LogP contribution in [0.3, 0.4) is 0 Å². The monoisotopic (exact) mass is 372 g/mol. The number of carbonyl (C=O) groups excluding carboxylic acids is 1. The van der Waals surface area contributed by atoms with Crippen LogP contribution in [0.5, 0.6) is 0 Å². The molecule has 0 aliphatic rings. The van der Waals surface area contributed by atoms with E-state index in [-0.39, 0.29) is 28.2 Å². The first kappa shape index (κ1) is 17.7. The molecule has 7 heteroatoms. The molecule has 0 heterocycles. The van der Waals surface area contributed by atoms with Crippen molar-refractivity contribution in [3.05, 3.63) is 68.4 Å². The van der Waals surface area contributed by atoms with Crippen molar-refractivity contribution in [2.45, 2.75) is 13.3 Å². The fraction of sp³-hybridized carbons (Fsp3) is 0.125. The van der Waals surface area contributed by atoms with Gasteiger partial charge in [-0.1, -0.05) is 53.0 Å². The van der Waals surface area contributed by atoms with Crippen LogP contribution in [0.25, 0.3) is 0 Å². The Morgan fingerprint density at radius 2 is 1.74 bits per heavy atom. The molecule has 2 aromatic rings. The van der Waals surface area contributed by atoms with Crippen LogP contribution in [0, 0.1) is 5.82 Å². The molecule has 0 aliphatic carbocycles. The molecule has 2 aromatic carbocycles. The molecule has 0 spiro atoms. The van der Waals surface area contributed by atoms with Gasteiger partial charge in [0.25, 0.3) is 0 Å². The number of halogens is 4. The summed E-state index contributed by atoms with van der Waals surface area (Å²) in [6.45, 7) is 1.68. The van der Waals surface area contributed by atoms with E-state index in [4.69, 9.17) is 34.8 Å². The van der Waals surface area contributed by atoms with Gasteiger partial charge < -0.3 is 0 Å². The van der Waals surface area contributed by atoms with Crippen molar-refractivity contribution in [3.8, 4) is 0 Å². The Morgan fingerprint density at radius 1 is 1.09 bits per heavy atom. The molecule has 1 amide bonds. The molecule has 0 bridgehead atoms. The molecule has 0 fully saturated rings. The van der Waals surface area contributed by atoms with Gasteiger partial charge in [0.2, 0.25) is 5.91 Å². The quantitative estimate of drug-likeness (QED) is 0.464. The van der Waals surface area contributed by atoms with Gasteiger partial charge in [0.05, 0.1) is 27.2 Å². The van der Waals surface area contributed by atoms with Gasteiger partial charge in [0.15, 0.2) is 0 Å². The summed E-state index contributed by atoms with van der Waals surface area (Å²) in [5, 5.41) is 4.84. The highest BCUT2D eigenvalue weighted by molar-refractivity contribution is 6.49. The van der Waals surface area contributed by atoms with E-state index in [1.807, 2.05) is 0 Å². The first-order valence-corrected chi connectivity index (χ1v) is 7.73. The zero-order chi connectivity index (χ0) is 17.0. The van der Waals surface area contributed by atoms with Crippen molar-refractivity contribution in [3.63, 3.8) is 0 Å². The minimum absolute atomic E-state index is 0.0895. The van der Waals surface area contributed by atoms with Crippen LogP contribution >= 0.6 is 34.8 Å². The molecule has 3 nitrogen and oxygen atoms in total. The number of hydrogen-bond acceptors (Lipinski definition) is 2. The Morgan fingerprint density at radius 3 is 2.39 bits per heavy atom. The fourth-order valence-electron chi connectivity index (χ4n) is 1.84. The van der Waals surface area contributed by atoms with Gasteiger partial charge >= 0.3 is 0 Å². The first-order chi connectivity index (χ1) is 10.9. The first-order valence-electron chi connectivity index (χ1n) is 6.60. The van der Waals surface area contributed by atoms with Gasteiger partial charge in [0.1, 0.15) is 5.82 Å². The predicted molar refractivity (Wildman–Crippen MR) is 91.9 cm³/mol. The second-order valence-electron chi connectivity index (χ2n) is 4.76. The highest BCUT2D eigenvalue weighted by atomic mass is 35.5. The lowest BCUT2D eigenvalue weighted by Gasteiger charge is -2.07. The molecular weight excluding hydrogens is 362 g/mol. The van der Waals surface area contributed by atoms with Gasteiger partial charge in [-0.3, -0.25) is 4.79 Å². The van der Waals surface area contributed by atoms with E-state index in [0.29, 0.717) is 21.9 Å². The summed E-state index contributed by atoms with van der Waals surface area (Å²) in [6, 6.07) is 8.95. The van der Waals surface area contributed by atoms with Crippen LogP contribution in [-0.2, 0) is 11.2 Å². The Labute approximate surface area is 148 Å². The Hall–Kier alpha value is -1.62. The highest BCUT2D eigenvalue weighted by Gasteiger charge is 2.11. The number of nitrogens with zero attached hydrogens (tertiary/aromatic N) is 1. The lowest BCUT2D eigenvalue weighted by atomic mass is 10.1. The minimum atomic E-state index is -0.350. The van der Waals surface area contributed by atoms with Gasteiger partial charge in [-0.2, -0.15) is 5.10 Å². The summed E-state index contributed by atoms with van der Waals surface area (Å²) in [5.74, 6) is -0.676. The van der Waals surface area contributed by atoms with Crippen LogP contribution in [-0.4, -0.2) is 11.6 Å². The van der Waals surface area contributed by atoms with Crippen LogP contribution < -0.4 is 5.43 Å². The topological polar surface area (TPSA) is 41.5 Å². The predicted octanol–water partition coefficient (Wildman–Crippen LogP) is 4.87. The molecule has 0 unspecified atom stereocenters. The van der Waals surface area contributed by atoms with Crippen molar-refractivity contribution < 1.29 is 9.18 Å². The standard InChI is InChI=1S/C16H12Cl3FN2O/c1-9(12-6-7-13(17)16(19)15(12)18)21-22-14(23)8-10-2-4-11(20)5-3-10/h2-7H,8H2,1H3,(H,22,23)/b21-9-. The van der Waals surface area contributed by atoms with Crippen molar-refractivity contribution >= 4 is 46.4 Å². The van der Waals surface area contributed by atoms with Crippen molar-refractivity contribution in [1.82, 2.24) is 5.43 Å². The SMILES string of the molecule is C/C(=N/NC(=O)Cc1ccc(F)cc1)c1ccc(Cl)c(Cl)c1Cl. The van der Waals surface area contributed by atoms with Gasteiger partial charge in [0, 0.05) is 5.56 Å². The van der Waals surface area contributed by atoms with Crippen LogP contribution in [0.15, 0.2) is 41.5 Å². The maximum atomic E-state index is 12.8. The second-order valence-corrected chi connectivity index (χ2v) is 5.92. The molecule has 0 aromatic heterocycles. The molecule has 0 aliphatic heterocycles. The number of rotatable bonds is 4. The summed E-state index contributed by atoms with van der Waals surface area (Å²) in [4.78, 5) is 11.8. The molecule has 1 N–H and O–H groups in total. The number of hydrogen-bond donors (Lipinski definition) is 1. The highest BCUT2D eigenvalue weighted by Crippen LogP contribution is 2.32. The second kappa shape index (κ2) is 7.77. The van der Waals surface area contributed by atoms with Crippen molar-refractivity contribution in [2.75, 3.05) is 0 Å². The Balaban J connectivity index is 2.06. The summed E-state index contributed by atoms with van der Waals surface area (Å²) >= 11 is 17.9. The van der Waals surface area contributed by atoms with E-state index in [1.165, 1.54) is 12.1 Å². The maximum absolute atomic E-state index is 12.8. The van der Waals surface area contributed by atoms with E-state index in [1.54, 1.807) is 31.2 Å². The largest absolute Gasteiger partial charge is 0.273 e. The van der Waals surface area contributed by atoms with E-state index in [9.17, 15) is 9.18 Å². The lowest BCUT2D eigenvalue weighted by molar-refractivity contribution is -0.120. The number of nitrogens with one attached hydrogen (secondary N) is 1. The molecule has 2 rings (SSSR count). The van der Waals surface area contributed by atoms with E-state index < -0.39 is 0 Å². The number of hydrazone groups is 1. The van der Waals surface area contributed by atoms with Crippen molar-refractivity contribution in [1.29, 1.82) is 0 Å². The maximum Gasteiger partial charge on any atom is 0.244 e. The molecule has 0 saturated carbocycles. The van der Waals surface area contributed by atoms with Crippen LogP contribution in [0.2, 0.25) is 15.1 Å². The lowest BCUT2D eigenvalue weighted by Crippen LogP contribution is -2.21. The molecule has 0 radical (unpaired) electrons. The summed E-state index contributed by atoms with van der Waals surface area (Å²) < 4.78 is 12.8. The molecular formula is C16H12Cl3FN2O. The Bertz CT molecular complexity index is 761. The molecule has 23 heavy (non-hydrogen) atoms. The normalized spacial score (nSPS) is 11.4. The van der Waals surface area contributed by atoms with E-state index in [2.05, 4.69) is 10.5 Å². The third-order valence-electron chi connectivity index (χ3n) is 3.05. The molecule has 0 atom stereocenters. The third-order valence-corrected chi connectivity index (χ3v) is 4.34. The summed E-state index contributed by atoms with van der Waals surface area (Å²) in [6.07, 6.45) is 0.0895.